The van der Waals surface area contributed by atoms with E-state index in [4.69, 9.17) is 14.6 Å². The van der Waals surface area contributed by atoms with Gasteiger partial charge in [0, 0.05) is 10.9 Å². The molecule has 0 unspecified atom stereocenters. The molecule has 0 aliphatic rings. The fourth-order valence-corrected chi connectivity index (χ4v) is 1.83. The van der Waals surface area contributed by atoms with Crippen molar-refractivity contribution < 1.29 is 28.6 Å². The highest BCUT2D eigenvalue weighted by Crippen LogP contribution is 2.27. The zero-order chi connectivity index (χ0) is 14.9. The van der Waals surface area contributed by atoms with E-state index in [2.05, 4.69) is 5.32 Å². The number of amides is 1. The van der Waals surface area contributed by atoms with Gasteiger partial charge in [-0.15, -0.1) is 0 Å². The van der Waals surface area contributed by atoms with E-state index < -0.39 is 30.3 Å². The fourth-order valence-electron chi connectivity index (χ4n) is 1.83. The molecule has 6 nitrogen and oxygen atoms in total. The molecule has 1 aromatic carbocycles. The van der Waals surface area contributed by atoms with E-state index in [0.29, 0.717) is 10.9 Å². The summed E-state index contributed by atoms with van der Waals surface area (Å²) in [6.07, 6.45) is 0. The Morgan fingerprint density at radius 3 is 2.70 bits per heavy atom. The minimum Gasteiger partial charge on any atom is -0.480 e. The number of furan rings is 1. The Balaban J connectivity index is 2.38. The molecule has 0 spiro atoms. The number of benzene rings is 1. The predicted molar refractivity (Wildman–Crippen MR) is 66.9 cm³/mol. The van der Waals surface area contributed by atoms with Crippen LogP contribution in [-0.2, 0) is 4.79 Å². The van der Waals surface area contributed by atoms with Crippen LogP contribution in [0.15, 0.2) is 22.6 Å². The minimum absolute atomic E-state index is 0.0639. The average molecular weight is 281 g/mol. The molecule has 0 bridgehead atoms. The maximum atomic E-state index is 13.5. The van der Waals surface area contributed by atoms with Crippen LogP contribution in [0.25, 0.3) is 11.0 Å². The van der Waals surface area contributed by atoms with Crippen LogP contribution >= 0.6 is 0 Å². The molecule has 0 saturated carbocycles. The van der Waals surface area contributed by atoms with Crippen molar-refractivity contribution in [2.45, 2.75) is 13.0 Å². The Morgan fingerprint density at radius 2 is 2.15 bits per heavy atom. The lowest BCUT2D eigenvalue weighted by atomic mass is 10.1. The van der Waals surface area contributed by atoms with Gasteiger partial charge in [-0.3, -0.25) is 4.79 Å². The number of aliphatic hydroxyl groups is 1. The van der Waals surface area contributed by atoms with Gasteiger partial charge in [-0.2, -0.15) is 0 Å². The number of para-hydroxylation sites is 1. The van der Waals surface area contributed by atoms with E-state index in [1.807, 2.05) is 0 Å². The lowest BCUT2D eigenvalue weighted by Crippen LogP contribution is -2.43. The lowest BCUT2D eigenvalue weighted by Gasteiger charge is -2.10. The van der Waals surface area contributed by atoms with Crippen LogP contribution in [-0.4, -0.2) is 34.7 Å². The van der Waals surface area contributed by atoms with Crippen molar-refractivity contribution >= 4 is 22.8 Å². The fraction of sp³-hybridized carbons (Fsp3) is 0.231. The summed E-state index contributed by atoms with van der Waals surface area (Å²) >= 11 is 0. The molecule has 0 aliphatic heterocycles. The highest BCUT2D eigenvalue weighted by atomic mass is 19.1. The van der Waals surface area contributed by atoms with Crippen molar-refractivity contribution in [1.82, 2.24) is 5.32 Å². The number of carboxylic acid groups (broad SMARTS) is 1. The number of hydrogen-bond donors (Lipinski definition) is 3. The van der Waals surface area contributed by atoms with Crippen LogP contribution in [0.2, 0.25) is 0 Å². The van der Waals surface area contributed by atoms with Crippen molar-refractivity contribution in [2.24, 2.45) is 0 Å². The number of aryl methyl sites for hydroxylation is 1. The first kappa shape index (κ1) is 14.0. The van der Waals surface area contributed by atoms with Gasteiger partial charge in [-0.1, -0.05) is 12.1 Å². The summed E-state index contributed by atoms with van der Waals surface area (Å²) in [5.74, 6) is -2.98. The second-order valence-electron chi connectivity index (χ2n) is 4.22. The Morgan fingerprint density at radius 1 is 1.45 bits per heavy atom. The maximum absolute atomic E-state index is 13.5. The third-order valence-electron chi connectivity index (χ3n) is 2.91. The normalized spacial score (nSPS) is 12.3. The third kappa shape index (κ3) is 2.35. The van der Waals surface area contributed by atoms with Crippen LogP contribution in [0.5, 0.6) is 0 Å². The molecule has 3 N–H and O–H groups in total. The number of fused-ring (bicyclic) bond motifs is 1. The van der Waals surface area contributed by atoms with E-state index >= 15 is 0 Å². The molecular formula is C13H12FNO5. The molecule has 20 heavy (non-hydrogen) atoms. The number of carboxylic acids is 1. The third-order valence-corrected chi connectivity index (χ3v) is 2.91. The standard InChI is InChI=1S/C13H12FNO5/c1-6-7-3-2-4-8(14)11(7)20-10(6)12(17)15-9(5-16)13(18)19/h2-4,9,16H,5H2,1H3,(H,15,17)(H,18,19)/t9-/m0/s1. The zero-order valence-corrected chi connectivity index (χ0v) is 10.5. The van der Waals surface area contributed by atoms with Crippen LogP contribution < -0.4 is 5.32 Å². The molecule has 1 aromatic heterocycles. The van der Waals surface area contributed by atoms with Crippen molar-refractivity contribution in [3.63, 3.8) is 0 Å². The molecule has 0 aliphatic carbocycles. The molecule has 1 amide bonds. The Kier molecular flexibility index (Phi) is 3.71. The van der Waals surface area contributed by atoms with Crippen LogP contribution in [0, 0.1) is 12.7 Å². The first-order valence-electron chi connectivity index (χ1n) is 5.77. The van der Waals surface area contributed by atoms with E-state index in [-0.39, 0.29) is 11.3 Å². The van der Waals surface area contributed by atoms with Gasteiger partial charge in [-0.05, 0) is 13.0 Å². The van der Waals surface area contributed by atoms with Crippen molar-refractivity contribution in [3.8, 4) is 0 Å². The molecular weight excluding hydrogens is 269 g/mol. The smallest absolute Gasteiger partial charge is 0.328 e. The van der Waals surface area contributed by atoms with E-state index in [9.17, 15) is 14.0 Å². The molecule has 106 valence electrons. The largest absolute Gasteiger partial charge is 0.480 e. The Bertz CT molecular complexity index is 679. The highest BCUT2D eigenvalue weighted by Gasteiger charge is 2.24. The number of carbonyl (C=O) groups is 2. The predicted octanol–water partition coefficient (Wildman–Crippen LogP) is 1.06. The monoisotopic (exact) mass is 281 g/mol. The summed E-state index contributed by atoms with van der Waals surface area (Å²) in [5.41, 5.74) is 0.338. The Labute approximate surface area is 112 Å². The summed E-state index contributed by atoms with van der Waals surface area (Å²) in [6, 6.07) is 2.82. The lowest BCUT2D eigenvalue weighted by molar-refractivity contribution is -0.140. The summed E-state index contributed by atoms with van der Waals surface area (Å²) in [5, 5.41) is 20.2. The molecule has 7 heteroatoms. The molecule has 0 radical (unpaired) electrons. The number of rotatable bonds is 4. The van der Waals surface area contributed by atoms with E-state index in [1.54, 1.807) is 13.0 Å². The molecule has 0 fully saturated rings. The SMILES string of the molecule is Cc1c(C(=O)N[C@@H](CO)C(=O)O)oc2c(F)cccc12. The maximum Gasteiger partial charge on any atom is 0.328 e. The van der Waals surface area contributed by atoms with Crippen LogP contribution in [0.1, 0.15) is 16.1 Å². The van der Waals surface area contributed by atoms with Gasteiger partial charge in [0.2, 0.25) is 0 Å². The van der Waals surface area contributed by atoms with Crippen LogP contribution in [0.3, 0.4) is 0 Å². The van der Waals surface area contributed by atoms with E-state index in [1.165, 1.54) is 12.1 Å². The summed E-state index contributed by atoms with van der Waals surface area (Å²) in [4.78, 5) is 22.7. The molecule has 2 rings (SSSR count). The van der Waals surface area contributed by atoms with Gasteiger partial charge < -0.3 is 19.9 Å². The van der Waals surface area contributed by atoms with Crippen LogP contribution in [0.4, 0.5) is 4.39 Å². The van der Waals surface area contributed by atoms with E-state index in [0.717, 1.165) is 0 Å². The van der Waals surface area contributed by atoms with Crippen molar-refractivity contribution in [2.75, 3.05) is 6.61 Å². The molecule has 2 aromatic rings. The zero-order valence-electron chi connectivity index (χ0n) is 10.5. The van der Waals surface area contributed by atoms with Gasteiger partial charge in [-0.25, -0.2) is 9.18 Å². The van der Waals surface area contributed by atoms with Gasteiger partial charge in [0.1, 0.15) is 0 Å². The number of aliphatic hydroxyl groups excluding tert-OH is 1. The van der Waals surface area contributed by atoms with Gasteiger partial charge >= 0.3 is 5.97 Å². The number of nitrogens with one attached hydrogen (secondary N) is 1. The topological polar surface area (TPSA) is 99.8 Å². The summed E-state index contributed by atoms with van der Waals surface area (Å²) < 4.78 is 18.7. The van der Waals surface area contributed by atoms with Gasteiger partial charge in [0.25, 0.3) is 5.91 Å². The van der Waals surface area contributed by atoms with Gasteiger partial charge in [0.15, 0.2) is 23.2 Å². The number of hydrogen-bond acceptors (Lipinski definition) is 4. The molecule has 0 saturated heterocycles. The number of aliphatic carboxylic acids is 1. The summed E-state index contributed by atoms with van der Waals surface area (Å²) in [6.45, 7) is 0.809. The first-order chi connectivity index (χ1) is 9.45. The first-order valence-corrected chi connectivity index (χ1v) is 5.77. The summed E-state index contributed by atoms with van der Waals surface area (Å²) in [7, 11) is 0. The van der Waals surface area contributed by atoms with Crippen molar-refractivity contribution in [3.05, 3.63) is 35.3 Å². The molecule has 1 heterocycles. The number of halogens is 1. The number of carbonyl (C=O) groups excluding carboxylic acids is 1. The minimum atomic E-state index is -1.44. The van der Waals surface area contributed by atoms with Gasteiger partial charge in [0.05, 0.1) is 6.61 Å². The average Bonchev–Trinajstić information content (AvgIpc) is 2.75. The Hall–Kier alpha value is -2.41. The second-order valence-corrected chi connectivity index (χ2v) is 4.22. The second kappa shape index (κ2) is 5.30. The highest BCUT2D eigenvalue weighted by molar-refractivity contribution is 6.00. The van der Waals surface area contributed by atoms with Crippen molar-refractivity contribution in [1.29, 1.82) is 0 Å². The quantitative estimate of drug-likeness (QED) is 0.778. The molecule has 1 atom stereocenters.